The van der Waals surface area contributed by atoms with Gasteiger partial charge in [0.15, 0.2) is 0 Å². The minimum Gasteiger partial charge on any atom is -0.496 e. The third-order valence-electron chi connectivity index (χ3n) is 2.27. The number of methoxy groups -OCH3 is 1. The standard InChI is InChI=1S/C11H12ClFO3/c1-6(11(14)15)3-7-4-8(12)9(13)5-10(7)16-2/h4-6H,3H2,1-2H3,(H,14,15). The molecule has 1 unspecified atom stereocenters. The Kier molecular flexibility index (Phi) is 4.12. The maximum Gasteiger partial charge on any atom is 0.306 e. The van der Waals surface area contributed by atoms with Gasteiger partial charge < -0.3 is 9.84 Å². The molecule has 0 aromatic heterocycles. The Morgan fingerprint density at radius 3 is 2.75 bits per heavy atom. The summed E-state index contributed by atoms with van der Waals surface area (Å²) in [6, 6.07) is 2.56. The van der Waals surface area contributed by atoms with Crippen LogP contribution in [0.25, 0.3) is 0 Å². The molecule has 0 bridgehead atoms. The van der Waals surface area contributed by atoms with Gasteiger partial charge in [0.1, 0.15) is 11.6 Å². The number of carboxylic acids is 1. The number of ether oxygens (including phenoxy) is 1. The van der Waals surface area contributed by atoms with Gasteiger partial charge in [-0.05, 0) is 18.1 Å². The molecule has 0 heterocycles. The Balaban J connectivity index is 3.03. The van der Waals surface area contributed by atoms with Gasteiger partial charge in [-0.25, -0.2) is 4.39 Å². The normalized spacial score (nSPS) is 12.2. The van der Waals surface area contributed by atoms with E-state index in [-0.39, 0.29) is 11.4 Å². The third kappa shape index (κ3) is 2.85. The van der Waals surface area contributed by atoms with Crippen molar-refractivity contribution in [3.63, 3.8) is 0 Å². The number of halogens is 2. The Hall–Kier alpha value is -1.29. The largest absolute Gasteiger partial charge is 0.496 e. The highest BCUT2D eigenvalue weighted by molar-refractivity contribution is 6.30. The van der Waals surface area contributed by atoms with Gasteiger partial charge in [0.05, 0.1) is 18.1 Å². The highest BCUT2D eigenvalue weighted by atomic mass is 35.5. The zero-order chi connectivity index (χ0) is 12.3. The predicted octanol–water partition coefficient (Wildman–Crippen LogP) is 2.75. The van der Waals surface area contributed by atoms with Crippen molar-refractivity contribution in [2.75, 3.05) is 7.11 Å². The van der Waals surface area contributed by atoms with Crippen LogP contribution in [-0.4, -0.2) is 18.2 Å². The zero-order valence-electron chi connectivity index (χ0n) is 8.96. The van der Waals surface area contributed by atoms with Crippen LogP contribution in [0.2, 0.25) is 5.02 Å². The smallest absolute Gasteiger partial charge is 0.306 e. The number of benzene rings is 1. The van der Waals surface area contributed by atoms with Crippen molar-refractivity contribution in [1.29, 1.82) is 0 Å². The molecule has 1 N–H and O–H groups in total. The van der Waals surface area contributed by atoms with Crippen LogP contribution in [0.4, 0.5) is 4.39 Å². The minimum absolute atomic E-state index is 0.0339. The fraction of sp³-hybridized carbons (Fsp3) is 0.364. The van der Waals surface area contributed by atoms with Crippen LogP contribution in [0.15, 0.2) is 12.1 Å². The van der Waals surface area contributed by atoms with E-state index >= 15 is 0 Å². The summed E-state index contributed by atoms with van der Waals surface area (Å²) >= 11 is 5.63. The van der Waals surface area contributed by atoms with Crippen molar-refractivity contribution in [2.24, 2.45) is 5.92 Å². The molecule has 0 saturated carbocycles. The van der Waals surface area contributed by atoms with Crippen molar-refractivity contribution >= 4 is 17.6 Å². The first-order valence-electron chi connectivity index (χ1n) is 4.70. The molecular weight excluding hydrogens is 235 g/mol. The van der Waals surface area contributed by atoms with Crippen LogP contribution >= 0.6 is 11.6 Å². The topological polar surface area (TPSA) is 46.5 Å². The van der Waals surface area contributed by atoms with E-state index in [1.54, 1.807) is 6.92 Å². The molecule has 0 radical (unpaired) electrons. The second kappa shape index (κ2) is 5.16. The minimum atomic E-state index is -0.914. The van der Waals surface area contributed by atoms with E-state index < -0.39 is 17.7 Å². The highest BCUT2D eigenvalue weighted by Gasteiger charge is 2.16. The first kappa shape index (κ1) is 12.8. The van der Waals surface area contributed by atoms with E-state index in [0.717, 1.165) is 6.07 Å². The average molecular weight is 247 g/mol. The number of aliphatic carboxylic acids is 1. The van der Waals surface area contributed by atoms with Crippen molar-refractivity contribution in [1.82, 2.24) is 0 Å². The summed E-state index contributed by atoms with van der Waals surface area (Å²) in [5, 5.41) is 8.75. The monoisotopic (exact) mass is 246 g/mol. The molecule has 3 nitrogen and oxygen atoms in total. The van der Waals surface area contributed by atoms with Crippen LogP contribution < -0.4 is 4.74 Å². The summed E-state index contributed by atoms with van der Waals surface area (Å²) in [7, 11) is 1.40. The molecule has 1 atom stereocenters. The quantitative estimate of drug-likeness (QED) is 0.889. The van der Waals surface area contributed by atoms with E-state index in [1.165, 1.54) is 13.2 Å². The molecule has 5 heteroatoms. The molecular formula is C11H12ClFO3. The van der Waals surface area contributed by atoms with Crippen LogP contribution in [-0.2, 0) is 11.2 Å². The summed E-state index contributed by atoms with van der Waals surface area (Å²) in [6.45, 7) is 1.57. The molecule has 0 aliphatic heterocycles. The van der Waals surface area contributed by atoms with Gasteiger partial charge in [-0.15, -0.1) is 0 Å². The lowest BCUT2D eigenvalue weighted by atomic mass is 10.0. The molecule has 0 fully saturated rings. The average Bonchev–Trinajstić information content (AvgIpc) is 2.22. The van der Waals surface area contributed by atoms with Crippen LogP contribution in [0.3, 0.4) is 0 Å². The lowest BCUT2D eigenvalue weighted by Gasteiger charge is -2.11. The first-order chi connectivity index (χ1) is 7.45. The molecule has 16 heavy (non-hydrogen) atoms. The third-order valence-corrected chi connectivity index (χ3v) is 2.56. The van der Waals surface area contributed by atoms with Gasteiger partial charge in [-0.2, -0.15) is 0 Å². The Morgan fingerprint density at radius 1 is 1.62 bits per heavy atom. The van der Waals surface area contributed by atoms with Crippen LogP contribution in [0.1, 0.15) is 12.5 Å². The molecule has 1 rings (SSSR count). The zero-order valence-corrected chi connectivity index (χ0v) is 9.71. The summed E-state index contributed by atoms with van der Waals surface area (Å²) in [5.41, 5.74) is 0.587. The van der Waals surface area contributed by atoms with Crippen LogP contribution in [0.5, 0.6) is 5.75 Å². The summed E-state index contributed by atoms with van der Waals surface area (Å²) in [4.78, 5) is 10.7. The maximum atomic E-state index is 13.1. The highest BCUT2D eigenvalue weighted by Crippen LogP contribution is 2.27. The fourth-order valence-electron chi connectivity index (χ4n) is 1.34. The van der Waals surface area contributed by atoms with Gasteiger partial charge in [-0.1, -0.05) is 18.5 Å². The number of hydrogen-bond acceptors (Lipinski definition) is 2. The van der Waals surface area contributed by atoms with E-state index in [2.05, 4.69) is 0 Å². The summed E-state index contributed by atoms with van der Waals surface area (Å²) in [5.74, 6) is -1.75. The van der Waals surface area contributed by atoms with Crippen molar-refractivity contribution in [3.05, 3.63) is 28.5 Å². The molecule has 1 aromatic carbocycles. The number of hydrogen-bond donors (Lipinski definition) is 1. The van der Waals surface area contributed by atoms with Gasteiger partial charge in [0.25, 0.3) is 0 Å². The molecule has 0 amide bonds. The Labute approximate surface area is 97.8 Å². The van der Waals surface area contributed by atoms with E-state index in [1.807, 2.05) is 0 Å². The van der Waals surface area contributed by atoms with Crippen molar-refractivity contribution < 1.29 is 19.0 Å². The lowest BCUT2D eigenvalue weighted by molar-refractivity contribution is -0.141. The number of carbonyl (C=O) groups is 1. The summed E-state index contributed by atoms with van der Waals surface area (Å²) < 4.78 is 18.1. The molecule has 1 aromatic rings. The predicted molar refractivity (Wildman–Crippen MR) is 58.5 cm³/mol. The molecule has 0 aliphatic rings. The fourth-order valence-corrected chi connectivity index (χ4v) is 1.52. The Morgan fingerprint density at radius 2 is 2.25 bits per heavy atom. The van der Waals surface area contributed by atoms with Gasteiger partial charge in [0.2, 0.25) is 0 Å². The number of carboxylic acid groups (broad SMARTS) is 1. The van der Waals surface area contributed by atoms with Crippen molar-refractivity contribution in [2.45, 2.75) is 13.3 Å². The van der Waals surface area contributed by atoms with Gasteiger partial charge in [0, 0.05) is 6.07 Å². The first-order valence-corrected chi connectivity index (χ1v) is 5.08. The lowest BCUT2D eigenvalue weighted by Crippen LogP contribution is -2.13. The SMILES string of the molecule is COc1cc(F)c(Cl)cc1CC(C)C(=O)O. The number of rotatable bonds is 4. The van der Waals surface area contributed by atoms with Crippen molar-refractivity contribution in [3.8, 4) is 5.75 Å². The molecule has 0 spiro atoms. The molecule has 0 saturated heterocycles. The van der Waals surface area contributed by atoms with E-state index in [4.69, 9.17) is 21.4 Å². The van der Waals surface area contributed by atoms with Gasteiger partial charge in [-0.3, -0.25) is 4.79 Å². The molecule has 88 valence electrons. The maximum absolute atomic E-state index is 13.1. The Bertz CT molecular complexity index is 406. The molecule has 0 aliphatic carbocycles. The van der Waals surface area contributed by atoms with E-state index in [9.17, 15) is 9.18 Å². The van der Waals surface area contributed by atoms with Crippen LogP contribution in [0, 0.1) is 11.7 Å². The summed E-state index contributed by atoms with van der Waals surface area (Å²) in [6.07, 6.45) is 0.249. The van der Waals surface area contributed by atoms with Gasteiger partial charge >= 0.3 is 5.97 Å². The van der Waals surface area contributed by atoms with E-state index in [0.29, 0.717) is 11.3 Å². The second-order valence-corrected chi connectivity index (χ2v) is 3.93. The second-order valence-electron chi connectivity index (χ2n) is 3.52.